The minimum atomic E-state index is -0.929. The molecule has 2 heteroatoms. The number of para-hydroxylation sites is 1. The van der Waals surface area contributed by atoms with Gasteiger partial charge in [-0.1, -0.05) is 85.8 Å². The highest BCUT2D eigenvalue weighted by molar-refractivity contribution is 6.11. The minimum Gasteiger partial charge on any atom is -0.455 e. The number of rotatable bonds is 3. The molecule has 0 amide bonds. The van der Waals surface area contributed by atoms with Crippen LogP contribution in [0.2, 0.25) is 0 Å². The zero-order valence-corrected chi connectivity index (χ0v) is 17.2. The van der Waals surface area contributed by atoms with E-state index in [9.17, 15) is 1.37 Å². The van der Waals surface area contributed by atoms with Gasteiger partial charge in [-0.2, -0.15) is 0 Å². The molecule has 0 aliphatic carbocycles. The summed E-state index contributed by atoms with van der Waals surface area (Å²) < 4.78 is 15.7. The molecule has 0 N–H and O–H groups in total. The van der Waals surface area contributed by atoms with E-state index in [-0.39, 0.29) is 0 Å². The molecule has 1 atom stereocenters. The van der Waals surface area contributed by atoms with Crippen LogP contribution in [0.15, 0.2) is 108 Å². The third-order valence-corrected chi connectivity index (χ3v) is 6.04. The Labute approximate surface area is 182 Å². The molecule has 1 unspecified atom stereocenters. The second-order valence-corrected chi connectivity index (χ2v) is 7.87. The van der Waals surface area contributed by atoms with Gasteiger partial charge < -0.3 is 4.42 Å². The molecule has 0 radical (unpaired) electrons. The second-order valence-electron chi connectivity index (χ2n) is 7.87. The second kappa shape index (κ2) is 7.10. The number of nitrogens with zero attached hydrogens (tertiary/aromatic N) is 1. The number of hydrogen-bond acceptors (Lipinski definition) is 2. The average Bonchev–Trinajstić information content (AvgIpc) is 3.23. The number of benzene rings is 4. The lowest BCUT2D eigenvalue weighted by molar-refractivity contribution is 0.669. The van der Waals surface area contributed by atoms with Crippen molar-refractivity contribution in [3.63, 3.8) is 0 Å². The SMILES string of the molecule is [2H]C(C)(c1ccccc1)c1ccc(-c2cc3ccccc3cn2)c2oc3ccccc3c12. The van der Waals surface area contributed by atoms with Crippen molar-refractivity contribution < 1.29 is 5.79 Å². The summed E-state index contributed by atoms with van der Waals surface area (Å²) in [6.45, 7) is 1.95. The fourth-order valence-electron chi connectivity index (χ4n) is 4.42. The molecule has 6 rings (SSSR count). The van der Waals surface area contributed by atoms with Crippen LogP contribution in [0.3, 0.4) is 0 Å². The van der Waals surface area contributed by atoms with Gasteiger partial charge in [0.25, 0.3) is 0 Å². The van der Waals surface area contributed by atoms with Crippen molar-refractivity contribution in [1.29, 1.82) is 0 Å². The van der Waals surface area contributed by atoms with Crippen LogP contribution in [0.1, 0.15) is 25.3 Å². The normalized spacial score (nSPS) is 14.0. The summed E-state index contributed by atoms with van der Waals surface area (Å²) in [5, 5.41) is 4.25. The Balaban J connectivity index is 1.67. The highest BCUT2D eigenvalue weighted by Gasteiger charge is 2.20. The summed E-state index contributed by atoms with van der Waals surface area (Å²) in [4.78, 5) is 4.74. The summed E-state index contributed by atoms with van der Waals surface area (Å²) in [6, 6.07) is 32.5. The molecule has 0 spiro atoms. The van der Waals surface area contributed by atoms with Crippen LogP contribution in [-0.2, 0) is 0 Å². The molecule has 0 saturated carbocycles. The van der Waals surface area contributed by atoms with Crippen LogP contribution < -0.4 is 0 Å². The summed E-state index contributed by atoms with van der Waals surface area (Å²) in [7, 11) is 0. The van der Waals surface area contributed by atoms with E-state index >= 15 is 0 Å². The summed E-state index contributed by atoms with van der Waals surface area (Å²) in [5.41, 5.74) is 5.28. The van der Waals surface area contributed by atoms with Crippen molar-refractivity contribution in [3.8, 4) is 11.3 Å². The average molecular weight is 400 g/mol. The first-order valence-electron chi connectivity index (χ1n) is 11.0. The van der Waals surface area contributed by atoms with E-state index < -0.39 is 5.89 Å². The lowest BCUT2D eigenvalue weighted by atomic mass is 9.88. The molecule has 0 saturated heterocycles. The van der Waals surface area contributed by atoms with Crippen LogP contribution in [0.5, 0.6) is 0 Å². The lowest BCUT2D eigenvalue weighted by Gasteiger charge is -2.15. The molecule has 2 heterocycles. The van der Waals surface area contributed by atoms with Crippen LogP contribution in [0.25, 0.3) is 44.0 Å². The molecule has 148 valence electrons. The van der Waals surface area contributed by atoms with Crippen LogP contribution in [0.4, 0.5) is 0 Å². The van der Waals surface area contributed by atoms with Gasteiger partial charge in [-0.15, -0.1) is 0 Å². The quantitative estimate of drug-likeness (QED) is 0.301. The van der Waals surface area contributed by atoms with Crippen LogP contribution in [-0.4, -0.2) is 4.98 Å². The first kappa shape index (κ1) is 16.8. The van der Waals surface area contributed by atoms with Gasteiger partial charge in [0.05, 0.1) is 5.69 Å². The van der Waals surface area contributed by atoms with E-state index in [0.717, 1.165) is 55.1 Å². The number of furan rings is 1. The fraction of sp³-hybridized carbons (Fsp3) is 0.0690. The van der Waals surface area contributed by atoms with Crippen molar-refractivity contribution in [3.05, 3.63) is 114 Å². The summed E-state index contributed by atoms with van der Waals surface area (Å²) >= 11 is 0. The van der Waals surface area contributed by atoms with Gasteiger partial charge in [0, 0.05) is 35.2 Å². The van der Waals surface area contributed by atoms with Gasteiger partial charge in [-0.3, -0.25) is 4.98 Å². The standard InChI is InChI=1S/C29H21NO/c1-19(20-9-3-2-4-10-20)23-15-16-24(26-17-21-11-5-6-12-22(21)18-30-26)29-28(23)25-13-7-8-14-27(25)31-29/h2-19H,1H3/i19D. The molecule has 2 nitrogen and oxygen atoms in total. The molecular formula is C29H21NO. The molecule has 0 aliphatic rings. The van der Waals surface area contributed by atoms with E-state index in [1.165, 1.54) is 0 Å². The molecular weight excluding hydrogens is 378 g/mol. The largest absolute Gasteiger partial charge is 0.455 e. The van der Waals surface area contributed by atoms with E-state index in [4.69, 9.17) is 9.40 Å². The highest BCUT2D eigenvalue weighted by Crippen LogP contribution is 2.41. The maximum Gasteiger partial charge on any atom is 0.145 e. The van der Waals surface area contributed by atoms with Gasteiger partial charge in [-0.25, -0.2) is 0 Å². The van der Waals surface area contributed by atoms with Crippen molar-refractivity contribution in [1.82, 2.24) is 4.98 Å². The lowest BCUT2D eigenvalue weighted by Crippen LogP contribution is -1.97. The Kier molecular flexibility index (Phi) is 3.86. The van der Waals surface area contributed by atoms with Gasteiger partial charge in [-0.05, 0) is 34.7 Å². The molecule has 2 aromatic heterocycles. The fourth-order valence-corrected chi connectivity index (χ4v) is 4.42. The number of pyridine rings is 1. The molecule has 0 aliphatic heterocycles. The predicted molar refractivity (Wildman–Crippen MR) is 128 cm³/mol. The third kappa shape index (κ3) is 2.91. The van der Waals surface area contributed by atoms with Crippen molar-refractivity contribution in [2.75, 3.05) is 0 Å². The molecule has 6 aromatic rings. The van der Waals surface area contributed by atoms with E-state index in [2.05, 4.69) is 30.3 Å². The number of aromatic nitrogens is 1. The summed E-state index contributed by atoms with van der Waals surface area (Å²) in [5.74, 6) is -0.929. The minimum absolute atomic E-state index is 0.779. The van der Waals surface area contributed by atoms with E-state index in [1.807, 2.05) is 79.9 Å². The number of hydrogen-bond donors (Lipinski definition) is 0. The Bertz CT molecular complexity index is 1600. The maximum atomic E-state index is 9.33. The number of fused-ring (bicyclic) bond motifs is 4. The van der Waals surface area contributed by atoms with Crippen LogP contribution >= 0.6 is 0 Å². The predicted octanol–water partition coefficient (Wildman–Crippen LogP) is 7.95. The zero-order valence-electron chi connectivity index (χ0n) is 18.2. The molecule has 0 bridgehead atoms. The van der Waals surface area contributed by atoms with E-state index in [1.54, 1.807) is 0 Å². The Morgan fingerprint density at radius 3 is 2.42 bits per heavy atom. The van der Waals surface area contributed by atoms with Crippen molar-refractivity contribution in [2.24, 2.45) is 0 Å². The van der Waals surface area contributed by atoms with E-state index in [0.29, 0.717) is 0 Å². The zero-order chi connectivity index (χ0) is 21.7. The first-order chi connectivity index (χ1) is 15.6. The molecule has 31 heavy (non-hydrogen) atoms. The summed E-state index contributed by atoms with van der Waals surface area (Å²) in [6.07, 6.45) is 1.91. The maximum absolute atomic E-state index is 9.33. The van der Waals surface area contributed by atoms with Gasteiger partial charge in [0.1, 0.15) is 11.2 Å². The topological polar surface area (TPSA) is 26.0 Å². The smallest absolute Gasteiger partial charge is 0.145 e. The Hall–Kier alpha value is -3.91. The molecule has 0 fully saturated rings. The third-order valence-electron chi connectivity index (χ3n) is 6.04. The van der Waals surface area contributed by atoms with Crippen LogP contribution in [0, 0.1) is 0 Å². The van der Waals surface area contributed by atoms with Crippen molar-refractivity contribution in [2.45, 2.75) is 12.8 Å². The molecule has 4 aromatic carbocycles. The van der Waals surface area contributed by atoms with Gasteiger partial charge >= 0.3 is 0 Å². The van der Waals surface area contributed by atoms with Gasteiger partial charge in [0.2, 0.25) is 0 Å². The highest BCUT2D eigenvalue weighted by atomic mass is 16.3. The monoisotopic (exact) mass is 400 g/mol. The Morgan fingerprint density at radius 1 is 0.806 bits per heavy atom. The Morgan fingerprint density at radius 2 is 1.55 bits per heavy atom. The van der Waals surface area contributed by atoms with Crippen molar-refractivity contribution >= 4 is 32.7 Å². The first-order valence-corrected chi connectivity index (χ1v) is 10.5. The van der Waals surface area contributed by atoms with Gasteiger partial charge in [0.15, 0.2) is 0 Å².